The van der Waals surface area contributed by atoms with Crippen LogP contribution in [0, 0.1) is 0 Å². The Balaban J connectivity index is 4.99. The maximum absolute atomic E-state index is 12.9. The number of carbonyl (C=O) groups is 4. The maximum Gasteiger partial charge on any atom is 0.410 e. The molecular weight excluding hydrogens is 564 g/mol. The molecule has 0 aliphatic heterocycles. The second kappa shape index (κ2) is 23.4. The summed E-state index contributed by atoms with van der Waals surface area (Å²) in [5.41, 5.74) is -1.37. The highest BCUT2D eigenvalue weighted by molar-refractivity contribution is 5.73. The van der Waals surface area contributed by atoms with Gasteiger partial charge in [0.2, 0.25) is 0 Å². The third-order valence-corrected chi connectivity index (χ3v) is 5.94. The van der Waals surface area contributed by atoms with Gasteiger partial charge in [-0.25, -0.2) is 9.59 Å². The van der Waals surface area contributed by atoms with Gasteiger partial charge in [-0.3, -0.25) is 9.59 Å². The molecule has 0 fully saturated rings. The minimum absolute atomic E-state index is 0.0606. The number of hydrogen-bond acceptors (Lipinski definition) is 8. The Kier molecular flexibility index (Phi) is 21.7. The third kappa shape index (κ3) is 24.4. The van der Waals surface area contributed by atoms with Crippen molar-refractivity contribution in [2.24, 2.45) is 0 Å². The number of nitrogens with zero attached hydrogens (tertiary/aromatic N) is 2. The number of amides is 2. The largest absolute Gasteiger partial charge is 0.466 e. The van der Waals surface area contributed by atoms with Crippen molar-refractivity contribution in [1.29, 1.82) is 0 Å². The van der Waals surface area contributed by atoms with Crippen LogP contribution in [-0.2, 0) is 28.5 Å². The molecule has 0 bridgehead atoms. The van der Waals surface area contributed by atoms with Gasteiger partial charge in [0.25, 0.3) is 0 Å². The summed E-state index contributed by atoms with van der Waals surface area (Å²) in [4.78, 5) is 53.3. The fourth-order valence-corrected chi connectivity index (χ4v) is 3.79. The third-order valence-electron chi connectivity index (χ3n) is 5.94. The van der Waals surface area contributed by atoms with Crippen LogP contribution in [-0.4, -0.2) is 84.5 Å². The molecule has 0 radical (unpaired) electrons. The van der Waals surface area contributed by atoms with E-state index in [1.54, 1.807) is 41.5 Å². The minimum atomic E-state index is -0.684. The van der Waals surface area contributed by atoms with E-state index in [2.05, 4.69) is 38.2 Å². The summed E-state index contributed by atoms with van der Waals surface area (Å²) in [6.45, 7) is 16.5. The van der Waals surface area contributed by atoms with Gasteiger partial charge in [-0.2, -0.15) is 0 Å². The van der Waals surface area contributed by atoms with E-state index in [-0.39, 0.29) is 37.9 Å². The molecule has 44 heavy (non-hydrogen) atoms. The maximum atomic E-state index is 12.9. The van der Waals surface area contributed by atoms with Crippen LogP contribution in [0.3, 0.4) is 0 Å². The predicted molar refractivity (Wildman–Crippen MR) is 173 cm³/mol. The van der Waals surface area contributed by atoms with Crippen molar-refractivity contribution in [3.8, 4) is 0 Å². The highest BCUT2D eigenvalue weighted by atomic mass is 16.6. The molecule has 0 saturated carbocycles. The first-order valence-corrected chi connectivity index (χ1v) is 16.3. The van der Waals surface area contributed by atoms with E-state index in [4.69, 9.17) is 18.9 Å². The first-order chi connectivity index (χ1) is 20.7. The lowest BCUT2D eigenvalue weighted by Crippen LogP contribution is -2.40. The number of carbonyl (C=O) groups excluding carboxylic acids is 4. The predicted octanol–water partition coefficient (Wildman–Crippen LogP) is 7.60. The Bertz CT molecular complexity index is 815. The Morgan fingerprint density at radius 3 is 1.23 bits per heavy atom. The SMILES string of the molecule is CC/C=C\CCCOC(=O)CCN(CCCCN(CCC(=O)OCCC/C=C\CC)C(=O)OC(C)(C)C)C(=O)OC(C)(C)C. The Morgan fingerprint density at radius 1 is 0.545 bits per heavy atom. The van der Waals surface area contributed by atoms with Crippen molar-refractivity contribution in [2.75, 3.05) is 39.4 Å². The number of ether oxygens (including phenoxy) is 4. The zero-order chi connectivity index (χ0) is 33.4. The fraction of sp³-hybridized carbons (Fsp3) is 0.765. The fourth-order valence-electron chi connectivity index (χ4n) is 3.79. The number of esters is 2. The normalized spacial score (nSPS) is 11.9. The standard InChI is InChI=1S/C34H60N2O8/c1-9-11-13-15-19-27-41-29(37)21-25-35(31(39)43-33(3,4)5)23-17-18-24-36(32(40)44-34(6,7)8)26-22-30(38)42-28-20-16-14-12-10-2/h11-14H,9-10,15-28H2,1-8H3/b13-11-,14-12-. The Hall–Kier alpha value is -3.04. The molecule has 0 aromatic heterocycles. The van der Waals surface area contributed by atoms with E-state index >= 15 is 0 Å². The lowest BCUT2D eigenvalue weighted by molar-refractivity contribution is -0.145. The van der Waals surface area contributed by atoms with Crippen molar-refractivity contribution in [1.82, 2.24) is 9.80 Å². The van der Waals surface area contributed by atoms with Crippen LogP contribution in [0.5, 0.6) is 0 Å². The summed E-state index contributed by atoms with van der Waals surface area (Å²) in [6.07, 6.45) is 13.7. The zero-order valence-electron chi connectivity index (χ0n) is 28.8. The molecule has 0 aromatic carbocycles. The number of allylic oxidation sites excluding steroid dienone is 4. The van der Waals surface area contributed by atoms with Crippen LogP contribution >= 0.6 is 0 Å². The van der Waals surface area contributed by atoms with E-state index in [0.29, 0.717) is 39.1 Å². The molecule has 10 nitrogen and oxygen atoms in total. The first-order valence-electron chi connectivity index (χ1n) is 16.3. The lowest BCUT2D eigenvalue weighted by atomic mass is 10.2. The Morgan fingerprint density at radius 2 is 0.909 bits per heavy atom. The van der Waals surface area contributed by atoms with Gasteiger partial charge in [-0.15, -0.1) is 0 Å². The van der Waals surface area contributed by atoms with Gasteiger partial charge in [0, 0.05) is 26.2 Å². The quantitative estimate of drug-likeness (QED) is 0.0555. The molecule has 0 rings (SSSR count). The van der Waals surface area contributed by atoms with Gasteiger partial charge < -0.3 is 28.7 Å². The average molecular weight is 625 g/mol. The Labute approximate surface area is 266 Å². The minimum Gasteiger partial charge on any atom is -0.466 e. The molecule has 0 aliphatic rings. The topological polar surface area (TPSA) is 112 Å². The van der Waals surface area contributed by atoms with E-state index in [9.17, 15) is 19.2 Å². The van der Waals surface area contributed by atoms with Crippen molar-refractivity contribution in [2.45, 2.75) is 131 Å². The highest BCUT2D eigenvalue weighted by Gasteiger charge is 2.25. The van der Waals surface area contributed by atoms with Crippen LogP contribution in [0.25, 0.3) is 0 Å². The van der Waals surface area contributed by atoms with Crippen LogP contribution in [0.2, 0.25) is 0 Å². The first kappa shape index (κ1) is 41.0. The molecule has 0 aromatic rings. The van der Waals surface area contributed by atoms with Gasteiger partial charge in [0.1, 0.15) is 11.2 Å². The zero-order valence-corrected chi connectivity index (χ0v) is 28.8. The van der Waals surface area contributed by atoms with Crippen LogP contribution in [0.4, 0.5) is 9.59 Å². The van der Waals surface area contributed by atoms with Crippen LogP contribution in [0.15, 0.2) is 24.3 Å². The van der Waals surface area contributed by atoms with Crippen molar-refractivity contribution < 1.29 is 38.1 Å². The summed E-state index contributed by atoms with van der Waals surface area (Å²) in [6, 6.07) is 0. The second-order valence-corrected chi connectivity index (χ2v) is 12.6. The summed E-state index contributed by atoms with van der Waals surface area (Å²) >= 11 is 0. The van der Waals surface area contributed by atoms with Gasteiger partial charge in [0.15, 0.2) is 0 Å². The summed E-state index contributed by atoms with van der Waals surface area (Å²) in [7, 11) is 0. The van der Waals surface area contributed by atoms with Crippen LogP contribution in [0.1, 0.15) is 120 Å². The average Bonchev–Trinajstić information content (AvgIpc) is 2.91. The number of hydrogen-bond donors (Lipinski definition) is 0. The summed E-state index contributed by atoms with van der Waals surface area (Å²) in [5, 5.41) is 0. The molecule has 0 saturated heterocycles. The molecule has 0 unspecified atom stereocenters. The number of rotatable bonds is 21. The van der Waals surface area contributed by atoms with Gasteiger partial charge in [-0.1, -0.05) is 38.2 Å². The van der Waals surface area contributed by atoms with Crippen molar-refractivity contribution >= 4 is 24.1 Å². The molecule has 0 N–H and O–H groups in total. The second-order valence-electron chi connectivity index (χ2n) is 12.6. The van der Waals surface area contributed by atoms with E-state index < -0.39 is 23.4 Å². The molecular formula is C34H60N2O8. The van der Waals surface area contributed by atoms with Crippen molar-refractivity contribution in [3.63, 3.8) is 0 Å². The summed E-state index contributed by atoms with van der Waals surface area (Å²) in [5.74, 6) is -0.725. The smallest absolute Gasteiger partial charge is 0.410 e. The molecule has 0 atom stereocenters. The van der Waals surface area contributed by atoms with Crippen LogP contribution < -0.4 is 0 Å². The molecule has 10 heteroatoms. The molecule has 0 spiro atoms. The lowest BCUT2D eigenvalue weighted by Gasteiger charge is -2.29. The highest BCUT2D eigenvalue weighted by Crippen LogP contribution is 2.14. The van der Waals surface area contributed by atoms with Gasteiger partial charge in [-0.05, 0) is 92.9 Å². The van der Waals surface area contributed by atoms with E-state index in [1.165, 1.54) is 9.80 Å². The van der Waals surface area contributed by atoms with E-state index in [0.717, 1.165) is 38.5 Å². The monoisotopic (exact) mass is 624 g/mol. The molecule has 2 amide bonds. The molecule has 0 aliphatic carbocycles. The van der Waals surface area contributed by atoms with E-state index in [1.807, 2.05) is 0 Å². The van der Waals surface area contributed by atoms with Crippen molar-refractivity contribution in [3.05, 3.63) is 24.3 Å². The summed E-state index contributed by atoms with van der Waals surface area (Å²) < 4.78 is 21.7. The number of unbranched alkanes of at least 4 members (excludes halogenated alkanes) is 3. The molecule has 254 valence electrons. The van der Waals surface area contributed by atoms with Gasteiger partial charge >= 0.3 is 24.1 Å². The molecule has 0 heterocycles. The van der Waals surface area contributed by atoms with Gasteiger partial charge in [0.05, 0.1) is 26.1 Å².